The Bertz CT molecular complexity index is 940. The van der Waals surface area contributed by atoms with Crippen molar-refractivity contribution >= 4 is 5.78 Å². The Kier molecular flexibility index (Phi) is 3.70. The van der Waals surface area contributed by atoms with Gasteiger partial charge in [-0.05, 0) is 48.5 Å². The number of benzene rings is 2. The van der Waals surface area contributed by atoms with Gasteiger partial charge in [0, 0.05) is 11.1 Å². The first-order valence-corrected chi connectivity index (χ1v) is 6.72. The van der Waals surface area contributed by atoms with Crippen molar-refractivity contribution in [3.63, 3.8) is 0 Å². The van der Waals surface area contributed by atoms with Crippen molar-refractivity contribution in [2.24, 2.45) is 0 Å². The SMILES string of the molecule is N#Cc1ccc(C(=O)c2ncc(-c3ccc(C#N)cc3)o2)cc1. The second kappa shape index (κ2) is 5.97. The Morgan fingerprint density at radius 3 is 2.04 bits per heavy atom. The Hall–Kier alpha value is -3.70. The fourth-order valence-electron chi connectivity index (χ4n) is 2.04. The molecule has 0 unspecified atom stereocenters. The molecule has 0 N–H and O–H groups in total. The van der Waals surface area contributed by atoms with Gasteiger partial charge in [-0.1, -0.05) is 0 Å². The third kappa shape index (κ3) is 2.85. The van der Waals surface area contributed by atoms with Gasteiger partial charge in [-0.3, -0.25) is 4.79 Å². The Morgan fingerprint density at radius 2 is 1.48 bits per heavy atom. The van der Waals surface area contributed by atoms with Crippen molar-refractivity contribution < 1.29 is 9.21 Å². The van der Waals surface area contributed by atoms with Gasteiger partial charge >= 0.3 is 0 Å². The molecule has 0 fully saturated rings. The fraction of sp³-hybridized carbons (Fsp3) is 0. The molecule has 108 valence electrons. The first kappa shape index (κ1) is 14.2. The smallest absolute Gasteiger partial charge is 0.268 e. The molecular formula is C18H9N3O2. The molecule has 3 rings (SSSR count). The van der Waals surface area contributed by atoms with Crippen LogP contribution in [0, 0.1) is 22.7 Å². The van der Waals surface area contributed by atoms with Crippen LogP contribution < -0.4 is 0 Å². The Balaban J connectivity index is 1.87. The van der Waals surface area contributed by atoms with Crippen molar-refractivity contribution in [2.75, 3.05) is 0 Å². The quantitative estimate of drug-likeness (QED) is 0.692. The summed E-state index contributed by atoms with van der Waals surface area (Å²) >= 11 is 0. The van der Waals surface area contributed by atoms with Crippen molar-refractivity contribution in [2.45, 2.75) is 0 Å². The summed E-state index contributed by atoms with van der Waals surface area (Å²) in [6, 6.07) is 17.1. The van der Waals surface area contributed by atoms with E-state index in [9.17, 15) is 4.79 Å². The second-order valence-electron chi connectivity index (χ2n) is 4.74. The maximum atomic E-state index is 12.3. The van der Waals surface area contributed by atoms with Crippen LogP contribution in [0.5, 0.6) is 0 Å². The highest BCUT2D eigenvalue weighted by Crippen LogP contribution is 2.22. The number of nitriles is 2. The molecule has 3 aromatic rings. The standard InChI is InChI=1S/C18H9N3O2/c19-9-12-1-5-14(6-2-12)16-11-21-18(23-16)17(22)15-7-3-13(10-20)4-8-15/h1-8,11H. The average Bonchev–Trinajstić information content (AvgIpc) is 3.11. The number of carbonyl (C=O) groups is 1. The summed E-state index contributed by atoms with van der Waals surface area (Å²) < 4.78 is 5.51. The fourth-order valence-corrected chi connectivity index (χ4v) is 2.04. The first-order valence-electron chi connectivity index (χ1n) is 6.72. The number of rotatable bonds is 3. The van der Waals surface area contributed by atoms with E-state index in [4.69, 9.17) is 14.9 Å². The molecule has 1 heterocycles. The molecule has 0 aliphatic rings. The van der Waals surface area contributed by atoms with Crippen LogP contribution in [0.25, 0.3) is 11.3 Å². The van der Waals surface area contributed by atoms with E-state index in [2.05, 4.69) is 4.98 Å². The van der Waals surface area contributed by atoms with Crippen LogP contribution in [-0.4, -0.2) is 10.8 Å². The van der Waals surface area contributed by atoms with Crippen molar-refractivity contribution in [1.29, 1.82) is 10.5 Å². The molecule has 0 amide bonds. The summed E-state index contributed by atoms with van der Waals surface area (Å²) in [6.45, 7) is 0. The van der Waals surface area contributed by atoms with E-state index >= 15 is 0 Å². The first-order chi connectivity index (χ1) is 11.2. The van der Waals surface area contributed by atoms with Gasteiger partial charge in [0.2, 0.25) is 5.78 Å². The molecule has 0 radical (unpaired) electrons. The van der Waals surface area contributed by atoms with E-state index in [1.165, 1.54) is 6.20 Å². The highest BCUT2D eigenvalue weighted by Gasteiger charge is 2.16. The zero-order valence-electron chi connectivity index (χ0n) is 11.9. The number of hydrogen-bond donors (Lipinski definition) is 0. The van der Waals surface area contributed by atoms with E-state index in [1.54, 1.807) is 48.5 Å². The average molecular weight is 299 g/mol. The molecule has 5 nitrogen and oxygen atoms in total. The number of carbonyl (C=O) groups excluding carboxylic acids is 1. The molecule has 0 aliphatic heterocycles. The van der Waals surface area contributed by atoms with Crippen molar-refractivity contribution in [1.82, 2.24) is 4.98 Å². The lowest BCUT2D eigenvalue weighted by Crippen LogP contribution is -2.01. The minimum absolute atomic E-state index is 0.0194. The maximum absolute atomic E-state index is 12.3. The van der Waals surface area contributed by atoms with E-state index < -0.39 is 0 Å². The van der Waals surface area contributed by atoms with Crippen LogP contribution in [0.2, 0.25) is 0 Å². The maximum Gasteiger partial charge on any atom is 0.268 e. The summed E-state index contributed by atoms with van der Waals surface area (Å²) in [5.41, 5.74) is 2.15. The van der Waals surface area contributed by atoms with Crippen LogP contribution >= 0.6 is 0 Å². The van der Waals surface area contributed by atoms with Gasteiger partial charge in [0.05, 0.1) is 29.5 Å². The lowest BCUT2D eigenvalue weighted by atomic mass is 10.1. The molecule has 0 bridgehead atoms. The van der Waals surface area contributed by atoms with Crippen molar-refractivity contribution in [3.05, 3.63) is 77.3 Å². The zero-order valence-corrected chi connectivity index (χ0v) is 11.9. The number of oxazole rings is 1. The minimum atomic E-state index is -0.352. The third-order valence-electron chi connectivity index (χ3n) is 3.27. The molecule has 0 saturated carbocycles. The Morgan fingerprint density at radius 1 is 0.913 bits per heavy atom. The molecule has 23 heavy (non-hydrogen) atoms. The van der Waals surface area contributed by atoms with E-state index in [0.717, 1.165) is 5.56 Å². The minimum Gasteiger partial charge on any atom is -0.433 e. The summed E-state index contributed by atoms with van der Waals surface area (Å²) in [4.78, 5) is 16.3. The molecule has 5 heteroatoms. The lowest BCUT2D eigenvalue weighted by Gasteiger charge is -1.98. The van der Waals surface area contributed by atoms with E-state index in [0.29, 0.717) is 22.5 Å². The van der Waals surface area contributed by atoms with Crippen LogP contribution in [0.3, 0.4) is 0 Å². The van der Waals surface area contributed by atoms with Crippen LogP contribution in [0.1, 0.15) is 27.4 Å². The summed E-state index contributed by atoms with van der Waals surface area (Å²) in [5, 5.41) is 17.6. The molecule has 0 aliphatic carbocycles. The van der Waals surface area contributed by atoms with Gasteiger partial charge in [0.15, 0.2) is 5.76 Å². The summed E-state index contributed by atoms with van der Waals surface area (Å²) in [5.74, 6) is 0.0786. The second-order valence-corrected chi connectivity index (χ2v) is 4.74. The molecule has 2 aromatic carbocycles. The topological polar surface area (TPSA) is 90.7 Å². The number of nitrogens with zero attached hydrogens (tertiary/aromatic N) is 3. The monoisotopic (exact) mass is 299 g/mol. The molecule has 0 spiro atoms. The Labute approximate surface area is 132 Å². The largest absolute Gasteiger partial charge is 0.433 e. The predicted molar refractivity (Wildman–Crippen MR) is 81.2 cm³/mol. The third-order valence-corrected chi connectivity index (χ3v) is 3.27. The van der Waals surface area contributed by atoms with Gasteiger partial charge in [-0.25, -0.2) is 4.98 Å². The number of ketones is 1. The van der Waals surface area contributed by atoms with Gasteiger partial charge in [-0.15, -0.1) is 0 Å². The van der Waals surface area contributed by atoms with Crippen LogP contribution in [-0.2, 0) is 0 Å². The van der Waals surface area contributed by atoms with Crippen LogP contribution in [0.4, 0.5) is 0 Å². The van der Waals surface area contributed by atoms with Gasteiger partial charge in [0.1, 0.15) is 0 Å². The van der Waals surface area contributed by atoms with Crippen LogP contribution in [0.15, 0.2) is 59.1 Å². The molecular weight excluding hydrogens is 290 g/mol. The molecule has 1 aromatic heterocycles. The van der Waals surface area contributed by atoms with Gasteiger partial charge in [0.25, 0.3) is 5.89 Å². The number of hydrogen-bond acceptors (Lipinski definition) is 5. The zero-order chi connectivity index (χ0) is 16.2. The van der Waals surface area contributed by atoms with Gasteiger partial charge in [-0.2, -0.15) is 10.5 Å². The van der Waals surface area contributed by atoms with Crippen molar-refractivity contribution in [3.8, 4) is 23.5 Å². The highest BCUT2D eigenvalue weighted by molar-refractivity contribution is 6.06. The predicted octanol–water partition coefficient (Wildman–Crippen LogP) is 3.32. The molecule has 0 atom stereocenters. The lowest BCUT2D eigenvalue weighted by molar-refractivity contribution is 0.100. The number of aromatic nitrogens is 1. The normalized spacial score (nSPS) is 9.83. The highest BCUT2D eigenvalue weighted by atomic mass is 16.4. The molecule has 0 saturated heterocycles. The van der Waals surface area contributed by atoms with Gasteiger partial charge < -0.3 is 4.42 Å². The summed E-state index contributed by atoms with van der Waals surface area (Å²) in [6.07, 6.45) is 1.47. The van der Waals surface area contributed by atoms with E-state index in [1.807, 2.05) is 12.1 Å². The summed E-state index contributed by atoms with van der Waals surface area (Å²) in [7, 11) is 0. The van der Waals surface area contributed by atoms with E-state index in [-0.39, 0.29) is 11.7 Å².